The number of carboxylic acids is 1. The van der Waals surface area contributed by atoms with Gasteiger partial charge in [0.25, 0.3) is 0 Å². The molecular weight excluding hydrogens is 278 g/mol. The highest BCUT2D eigenvalue weighted by Gasteiger charge is 2.23. The van der Waals surface area contributed by atoms with Crippen molar-refractivity contribution in [2.45, 2.75) is 32.4 Å². The zero-order valence-corrected chi connectivity index (χ0v) is 12.3. The highest BCUT2D eigenvalue weighted by atomic mass is 33.1. The van der Waals surface area contributed by atoms with Gasteiger partial charge in [-0.2, -0.15) is 0 Å². The zero-order chi connectivity index (χ0) is 14.2. The van der Waals surface area contributed by atoms with Crippen LogP contribution < -0.4 is 5.32 Å². The monoisotopic (exact) mass is 297 g/mol. The molecule has 8 heteroatoms. The minimum Gasteiger partial charge on any atom is -0.480 e. The van der Waals surface area contributed by atoms with E-state index in [1.165, 1.54) is 21.6 Å². The van der Waals surface area contributed by atoms with Gasteiger partial charge in [-0.05, 0) is 20.8 Å². The van der Waals surface area contributed by atoms with Crippen LogP contribution in [0.2, 0.25) is 0 Å². The topological polar surface area (TPSA) is 95.9 Å². The van der Waals surface area contributed by atoms with Crippen LogP contribution in [0.4, 0.5) is 4.79 Å². The molecule has 3 N–H and O–H groups in total. The molecule has 6 nitrogen and oxygen atoms in total. The Labute approximate surface area is 114 Å². The molecule has 0 aliphatic heterocycles. The number of aliphatic hydroxyl groups excluding tert-OH is 1. The number of carbonyl (C=O) groups excluding carboxylic acids is 1. The number of alkyl carbamates (subject to hydrolysis) is 1. The fraction of sp³-hybridized carbons (Fsp3) is 0.800. The van der Waals surface area contributed by atoms with Gasteiger partial charge in [0.15, 0.2) is 0 Å². The summed E-state index contributed by atoms with van der Waals surface area (Å²) in [6.45, 7) is 5.14. The molecular formula is C10H19NO5S2. The average Bonchev–Trinajstić information content (AvgIpc) is 2.19. The molecule has 0 aromatic rings. The van der Waals surface area contributed by atoms with E-state index in [1.807, 2.05) is 0 Å². The van der Waals surface area contributed by atoms with Crippen molar-refractivity contribution < 1.29 is 24.5 Å². The van der Waals surface area contributed by atoms with Gasteiger partial charge in [-0.15, -0.1) is 0 Å². The van der Waals surface area contributed by atoms with Crippen molar-refractivity contribution in [1.82, 2.24) is 5.32 Å². The van der Waals surface area contributed by atoms with Gasteiger partial charge in [-0.1, -0.05) is 21.6 Å². The number of carboxylic acid groups (broad SMARTS) is 1. The van der Waals surface area contributed by atoms with Crippen molar-refractivity contribution in [3.63, 3.8) is 0 Å². The molecule has 18 heavy (non-hydrogen) atoms. The molecule has 0 aliphatic rings. The summed E-state index contributed by atoms with van der Waals surface area (Å²) in [7, 11) is 2.63. The maximum absolute atomic E-state index is 11.4. The Morgan fingerprint density at radius 1 is 1.33 bits per heavy atom. The van der Waals surface area contributed by atoms with Crippen LogP contribution in [0.25, 0.3) is 0 Å². The molecule has 0 unspecified atom stereocenters. The Hall–Kier alpha value is -0.600. The molecule has 0 fully saturated rings. The summed E-state index contributed by atoms with van der Waals surface area (Å²) in [4.78, 5) is 22.3. The van der Waals surface area contributed by atoms with Gasteiger partial charge in [0.2, 0.25) is 0 Å². The fourth-order valence-corrected chi connectivity index (χ4v) is 2.76. The molecule has 0 saturated carbocycles. The number of rotatable bonds is 7. The molecule has 106 valence electrons. The Bertz CT molecular complexity index is 280. The van der Waals surface area contributed by atoms with Crippen LogP contribution in [0.5, 0.6) is 0 Å². The molecule has 0 heterocycles. The summed E-state index contributed by atoms with van der Waals surface area (Å²) < 4.78 is 4.98. The summed E-state index contributed by atoms with van der Waals surface area (Å²) in [6.07, 6.45) is -0.748. The Morgan fingerprint density at radius 2 is 1.94 bits per heavy atom. The van der Waals surface area contributed by atoms with E-state index < -0.39 is 23.7 Å². The molecule has 0 aromatic heterocycles. The lowest BCUT2D eigenvalue weighted by molar-refractivity contribution is -0.138. The van der Waals surface area contributed by atoms with Crippen LogP contribution in [-0.4, -0.2) is 52.0 Å². The first-order valence-electron chi connectivity index (χ1n) is 5.34. The van der Waals surface area contributed by atoms with Crippen LogP contribution >= 0.6 is 21.6 Å². The minimum atomic E-state index is -1.11. The molecule has 1 amide bonds. The molecule has 0 aromatic carbocycles. The van der Waals surface area contributed by atoms with Gasteiger partial charge < -0.3 is 20.3 Å². The van der Waals surface area contributed by atoms with E-state index in [4.69, 9.17) is 14.9 Å². The van der Waals surface area contributed by atoms with Gasteiger partial charge in [-0.3, -0.25) is 0 Å². The Morgan fingerprint density at radius 3 is 2.39 bits per heavy atom. The van der Waals surface area contributed by atoms with E-state index in [-0.39, 0.29) is 12.4 Å². The number of aliphatic carboxylic acids is 1. The quantitative estimate of drug-likeness (QED) is 0.482. The highest BCUT2D eigenvalue weighted by molar-refractivity contribution is 8.76. The first-order chi connectivity index (χ1) is 8.26. The van der Waals surface area contributed by atoms with Crippen LogP contribution in [0.15, 0.2) is 0 Å². The number of hydrogen-bond donors (Lipinski definition) is 3. The van der Waals surface area contributed by atoms with Crippen LogP contribution in [0.1, 0.15) is 20.8 Å². The molecule has 0 radical (unpaired) electrons. The third-order valence-corrected chi connectivity index (χ3v) is 3.88. The molecule has 1 atom stereocenters. The van der Waals surface area contributed by atoms with E-state index in [2.05, 4.69) is 5.32 Å². The summed E-state index contributed by atoms with van der Waals surface area (Å²) >= 11 is 0. The Balaban J connectivity index is 4.11. The summed E-state index contributed by atoms with van der Waals surface area (Å²) in [5.41, 5.74) is -0.661. The second kappa shape index (κ2) is 8.49. The Kier molecular flexibility index (Phi) is 8.21. The number of amides is 1. The number of aliphatic hydroxyl groups is 1. The molecule has 0 aliphatic carbocycles. The largest absolute Gasteiger partial charge is 0.480 e. The van der Waals surface area contributed by atoms with Gasteiger partial charge in [0.1, 0.15) is 11.6 Å². The fourth-order valence-electron chi connectivity index (χ4n) is 0.837. The van der Waals surface area contributed by atoms with Crippen LogP contribution in [0, 0.1) is 0 Å². The number of ether oxygens (including phenoxy) is 1. The lowest BCUT2D eigenvalue weighted by atomic mass is 10.2. The lowest BCUT2D eigenvalue weighted by Gasteiger charge is -2.21. The SMILES string of the molecule is CC(C)(C)OC(=O)N[C@@H](CSSCCO)C(=O)O. The van der Waals surface area contributed by atoms with Crippen LogP contribution in [0.3, 0.4) is 0 Å². The number of nitrogens with one attached hydrogen (secondary N) is 1. The summed E-state index contributed by atoms with van der Waals surface area (Å²) in [6, 6.07) is -1.00. The smallest absolute Gasteiger partial charge is 0.408 e. The number of hydrogen-bond acceptors (Lipinski definition) is 6. The van der Waals surface area contributed by atoms with Crippen molar-refractivity contribution in [1.29, 1.82) is 0 Å². The predicted molar refractivity (Wildman–Crippen MR) is 72.8 cm³/mol. The second-order valence-corrected chi connectivity index (χ2v) is 6.99. The molecule has 0 bridgehead atoms. The highest BCUT2D eigenvalue weighted by Crippen LogP contribution is 2.21. The first-order valence-corrected chi connectivity index (χ1v) is 7.82. The predicted octanol–water partition coefficient (Wildman–Crippen LogP) is 1.34. The van der Waals surface area contributed by atoms with Crippen molar-refractivity contribution in [2.75, 3.05) is 18.1 Å². The van der Waals surface area contributed by atoms with Crippen molar-refractivity contribution >= 4 is 33.7 Å². The first kappa shape index (κ1) is 17.4. The van der Waals surface area contributed by atoms with Gasteiger partial charge in [0.05, 0.1) is 6.61 Å². The average molecular weight is 297 g/mol. The van der Waals surface area contributed by atoms with E-state index in [9.17, 15) is 9.59 Å². The number of carbonyl (C=O) groups is 2. The normalized spacial score (nSPS) is 12.9. The maximum Gasteiger partial charge on any atom is 0.408 e. The van der Waals surface area contributed by atoms with Gasteiger partial charge in [-0.25, -0.2) is 9.59 Å². The minimum absolute atomic E-state index is 0.0366. The third kappa shape index (κ3) is 9.43. The van der Waals surface area contributed by atoms with Gasteiger partial charge >= 0.3 is 12.1 Å². The van der Waals surface area contributed by atoms with Crippen molar-refractivity contribution in [3.8, 4) is 0 Å². The van der Waals surface area contributed by atoms with Crippen LogP contribution in [-0.2, 0) is 9.53 Å². The standard InChI is InChI=1S/C10H19NO5S2/c1-10(2,3)16-9(15)11-7(8(13)14)6-18-17-5-4-12/h7,12H,4-6H2,1-3H3,(H,11,15)(H,13,14)/t7-/m0/s1. The van der Waals surface area contributed by atoms with E-state index in [0.717, 1.165) is 0 Å². The van der Waals surface area contributed by atoms with Crippen molar-refractivity contribution in [3.05, 3.63) is 0 Å². The van der Waals surface area contributed by atoms with Crippen molar-refractivity contribution in [2.24, 2.45) is 0 Å². The summed E-state index contributed by atoms with van der Waals surface area (Å²) in [5.74, 6) is -0.388. The molecule has 0 rings (SSSR count). The molecule has 0 spiro atoms. The second-order valence-electron chi connectivity index (χ2n) is 4.37. The van der Waals surface area contributed by atoms with E-state index in [0.29, 0.717) is 5.75 Å². The summed E-state index contributed by atoms with van der Waals surface area (Å²) in [5, 5.41) is 19.8. The molecule has 0 saturated heterocycles. The third-order valence-electron chi connectivity index (χ3n) is 1.48. The maximum atomic E-state index is 11.4. The zero-order valence-electron chi connectivity index (χ0n) is 10.6. The van der Waals surface area contributed by atoms with E-state index >= 15 is 0 Å². The van der Waals surface area contributed by atoms with E-state index in [1.54, 1.807) is 20.8 Å². The van der Waals surface area contributed by atoms with Gasteiger partial charge in [0, 0.05) is 11.5 Å². The lowest BCUT2D eigenvalue weighted by Crippen LogP contribution is -2.44.